The molecule has 1 rings (SSSR count). The van der Waals surface area contributed by atoms with E-state index in [9.17, 15) is 28.5 Å². The van der Waals surface area contributed by atoms with E-state index in [-0.39, 0.29) is 6.29 Å². The highest BCUT2D eigenvalue weighted by Gasteiger charge is 2.25. The first-order valence-electron chi connectivity index (χ1n) is 4.32. The Kier molecular flexibility index (Phi) is 3.87. The van der Waals surface area contributed by atoms with Gasteiger partial charge in [-0.05, 0) is 6.07 Å². The van der Waals surface area contributed by atoms with E-state index in [0.29, 0.717) is 12.1 Å². The predicted octanol–water partition coefficient (Wildman–Crippen LogP) is 1.71. The van der Waals surface area contributed by atoms with Gasteiger partial charge in [0, 0.05) is 6.07 Å². The zero-order valence-corrected chi connectivity index (χ0v) is 8.50. The Morgan fingerprint density at radius 1 is 1.50 bits per heavy atom. The fourth-order valence-corrected chi connectivity index (χ4v) is 1.20. The second kappa shape index (κ2) is 5.17. The first-order valence-corrected chi connectivity index (χ1v) is 4.32. The van der Waals surface area contributed by atoms with Crippen LogP contribution in [0.3, 0.4) is 0 Å². The summed E-state index contributed by atoms with van der Waals surface area (Å²) < 4.78 is 28.0. The molecule has 0 unspecified atom stereocenters. The number of hydrogen-bond donors (Lipinski definition) is 1. The summed E-state index contributed by atoms with van der Waals surface area (Å²) in [5.41, 5.74) is -2.23. The quantitative estimate of drug-likeness (QED) is 0.491. The number of alkyl halides is 2. The predicted molar refractivity (Wildman–Crippen MR) is 52.1 cm³/mol. The Bertz CT molecular complexity index is 516. The zero-order chi connectivity index (χ0) is 13.9. The van der Waals surface area contributed by atoms with Crippen molar-refractivity contribution in [1.82, 2.24) is 0 Å². The number of aldehydes is 1. The summed E-state index contributed by atoms with van der Waals surface area (Å²) in [6.07, 6.45) is -0.00282. The number of hydrogen-bond acceptors (Lipinski definition) is 5. The minimum absolute atomic E-state index is 0.00282. The van der Waals surface area contributed by atoms with Gasteiger partial charge >= 0.3 is 18.3 Å². The summed E-state index contributed by atoms with van der Waals surface area (Å²) in [6, 6.07) is 1.24. The Morgan fingerprint density at radius 2 is 2.11 bits per heavy atom. The first-order chi connectivity index (χ1) is 8.36. The standard InChI is InChI=1S/C9H5F2NO6/c10-9(11)18-7-5(3-13)1-4(8(14)15)2-6(7)12(16)17/h1-3,9H,(H,14,15). The van der Waals surface area contributed by atoms with Crippen molar-refractivity contribution < 1.29 is 33.1 Å². The van der Waals surface area contributed by atoms with Crippen LogP contribution in [0, 0.1) is 10.1 Å². The highest BCUT2D eigenvalue weighted by molar-refractivity contribution is 5.93. The Hall–Kier alpha value is -2.58. The lowest BCUT2D eigenvalue weighted by Gasteiger charge is -2.08. The van der Waals surface area contributed by atoms with Crippen LogP contribution < -0.4 is 4.74 Å². The molecule has 0 aliphatic carbocycles. The van der Waals surface area contributed by atoms with Crippen LogP contribution in [0.2, 0.25) is 0 Å². The van der Waals surface area contributed by atoms with E-state index < -0.39 is 40.1 Å². The molecule has 1 aromatic carbocycles. The van der Waals surface area contributed by atoms with Gasteiger partial charge in [0.05, 0.1) is 16.1 Å². The number of nitro groups is 1. The van der Waals surface area contributed by atoms with Crippen molar-refractivity contribution in [1.29, 1.82) is 0 Å². The van der Waals surface area contributed by atoms with E-state index in [1.54, 1.807) is 0 Å². The number of carboxylic acid groups (broad SMARTS) is 1. The molecule has 0 aliphatic rings. The summed E-state index contributed by atoms with van der Waals surface area (Å²) in [7, 11) is 0. The van der Waals surface area contributed by atoms with Crippen molar-refractivity contribution in [2.24, 2.45) is 0 Å². The molecule has 0 radical (unpaired) electrons. The molecule has 9 heteroatoms. The Morgan fingerprint density at radius 3 is 2.50 bits per heavy atom. The van der Waals surface area contributed by atoms with Gasteiger partial charge in [-0.15, -0.1) is 0 Å². The third kappa shape index (κ3) is 2.75. The molecule has 1 N–H and O–H groups in total. The molecule has 0 saturated carbocycles. The molecule has 0 atom stereocenters. The van der Waals surface area contributed by atoms with Crippen LogP contribution in [-0.2, 0) is 0 Å². The fourth-order valence-electron chi connectivity index (χ4n) is 1.20. The number of aromatic carboxylic acids is 1. The summed E-state index contributed by atoms with van der Waals surface area (Å²) >= 11 is 0. The van der Waals surface area contributed by atoms with E-state index in [1.807, 2.05) is 0 Å². The lowest BCUT2D eigenvalue weighted by molar-refractivity contribution is -0.386. The lowest BCUT2D eigenvalue weighted by atomic mass is 10.1. The summed E-state index contributed by atoms with van der Waals surface area (Å²) in [5.74, 6) is -2.50. The number of rotatable bonds is 5. The van der Waals surface area contributed by atoms with E-state index in [4.69, 9.17) is 5.11 Å². The van der Waals surface area contributed by atoms with Crippen molar-refractivity contribution in [2.75, 3.05) is 0 Å². The molecule has 0 fully saturated rings. The van der Waals surface area contributed by atoms with Gasteiger partial charge in [-0.2, -0.15) is 8.78 Å². The number of nitro benzene ring substituents is 1. The van der Waals surface area contributed by atoms with Crippen molar-refractivity contribution in [3.05, 3.63) is 33.4 Å². The maximum absolute atomic E-state index is 12.1. The third-order valence-corrected chi connectivity index (χ3v) is 1.88. The van der Waals surface area contributed by atoms with Gasteiger partial charge in [0.25, 0.3) is 0 Å². The number of carboxylic acids is 1. The number of ether oxygens (including phenoxy) is 1. The van der Waals surface area contributed by atoms with Crippen molar-refractivity contribution in [2.45, 2.75) is 6.61 Å². The number of benzene rings is 1. The fraction of sp³-hybridized carbons (Fsp3) is 0.111. The topological polar surface area (TPSA) is 107 Å². The van der Waals surface area contributed by atoms with Gasteiger partial charge < -0.3 is 9.84 Å². The van der Waals surface area contributed by atoms with E-state index in [1.165, 1.54) is 0 Å². The van der Waals surface area contributed by atoms with Crippen LogP contribution in [0.15, 0.2) is 12.1 Å². The SMILES string of the molecule is O=Cc1cc(C(=O)O)cc([N+](=O)[O-])c1OC(F)F. The third-order valence-electron chi connectivity index (χ3n) is 1.88. The lowest BCUT2D eigenvalue weighted by Crippen LogP contribution is -2.09. The van der Waals surface area contributed by atoms with Crippen LogP contribution in [-0.4, -0.2) is 28.9 Å². The molecule has 1 aromatic rings. The van der Waals surface area contributed by atoms with Gasteiger partial charge in [-0.3, -0.25) is 14.9 Å². The Labute approximate surface area is 97.7 Å². The second-order valence-corrected chi connectivity index (χ2v) is 2.97. The minimum atomic E-state index is -3.38. The van der Waals surface area contributed by atoms with Crippen LogP contribution in [0.25, 0.3) is 0 Å². The maximum Gasteiger partial charge on any atom is 0.387 e. The minimum Gasteiger partial charge on any atom is -0.478 e. The van der Waals surface area contributed by atoms with Crippen molar-refractivity contribution in [3.63, 3.8) is 0 Å². The first kappa shape index (κ1) is 13.5. The average Bonchev–Trinajstić information content (AvgIpc) is 2.27. The summed E-state index contributed by atoms with van der Waals surface area (Å²) in [6.45, 7) is -3.38. The van der Waals surface area contributed by atoms with Gasteiger partial charge in [0.1, 0.15) is 0 Å². The second-order valence-electron chi connectivity index (χ2n) is 2.97. The van der Waals surface area contributed by atoms with E-state index in [2.05, 4.69) is 4.74 Å². The Balaban J connectivity index is 3.50. The molecular formula is C9H5F2NO6. The molecule has 18 heavy (non-hydrogen) atoms. The van der Waals surface area contributed by atoms with Crippen molar-refractivity contribution in [3.8, 4) is 5.75 Å². The smallest absolute Gasteiger partial charge is 0.387 e. The van der Waals surface area contributed by atoms with Gasteiger partial charge in [0.15, 0.2) is 6.29 Å². The average molecular weight is 261 g/mol. The van der Waals surface area contributed by atoms with E-state index >= 15 is 0 Å². The normalized spacial score (nSPS) is 10.2. The highest BCUT2D eigenvalue weighted by atomic mass is 19.3. The molecule has 0 heterocycles. The van der Waals surface area contributed by atoms with Gasteiger partial charge in [0.2, 0.25) is 5.75 Å². The van der Waals surface area contributed by atoms with Crippen LogP contribution >= 0.6 is 0 Å². The molecular weight excluding hydrogens is 256 g/mol. The largest absolute Gasteiger partial charge is 0.478 e. The van der Waals surface area contributed by atoms with Crippen molar-refractivity contribution >= 4 is 17.9 Å². The van der Waals surface area contributed by atoms with Gasteiger partial charge in [-0.1, -0.05) is 0 Å². The molecule has 0 aromatic heterocycles. The van der Waals surface area contributed by atoms with Crippen LogP contribution in [0.4, 0.5) is 14.5 Å². The molecule has 7 nitrogen and oxygen atoms in total. The zero-order valence-electron chi connectivity index (χ0n) is 8.50. The highest BCUT2D eigenvalue weighted by Crippen LogP contribution is 2.33. The number of nitrogens with zero attached hydrogens (tertiary/aromatic N) is 1. The molecule has 0 saturated heterocycles. The monoisotopic (exact) mass is 261 g/mol. The molecule has 0 aliphatic heterocycles. The number of carbonyl (C=O) groups excluding carboxylic acids is 1. The number of halogens is 2. The maximum atomic E-state index is 12.1. The molecule has 0 bridgehead atoms. The molecule has 0 amide bonds. The molecule has 0 spiro atoms. The molecule has 96 valence electrons. The van der Waals surface area contributed by atoms with E-state index in [0.717, 1.165) is 0 Å². The van der Waals surface area contributed by atoms with Crippen LogP contribution in [0.5, 0.6) is 5.75 Å². The summed E-state index contributed by atoms with van der Waals surface area (Å²) in [5, 5.41) is 19.3. The van der Waals surface area contributed by atoms with Crippen LogP contribution in [0.1, 0.15) is 20.7 Å². The van der Waals surface area contributed by atoms with Gasteiger partial charge in [-0.25, -0.2) is 4.79 Å². The summed E-state index contributed by atoms with van der Waals surface area (Å²) in [4.78, 5) is 30.8. The number of carbonyl (C=O) groups is 2.